The van der Waals surface area contributed by atoms with E-state index in [2.05, 4.69) is 21.9 Å². The molecule has 0 spiro atoms. The number of rotatable bonds is 4. The number of carbonyl (C=O) groups is 1. The van der Waals surface area contributed by atoms with Crippen LogP contribution in [-0.4, -0.2) is 14.3 Å². The molecule has 0 aliphatic rings. The van der Waals surface area contributed by atoms with Gasteiger partial charge in [-0.3, -0.25) is 9.52 Å². The second-order valence-corrected chi connectivity index (χ2v) is 8.67. The summed E-state index contributed by atoms with van der Waals surface area (Å²) in [6, 6.07) is 15.5. The van der Waals surface area contributed by atoms with Crippen molar-refractivity contribution in [2.75, 3.05) is 10.0 Å². The van der Waals surface area contributed by atoms with Gasteiger partial charge in [0.2, 0.25) is 5.91 Å². The summed E-state index contributed by atoms with van der Waals surface area (Å²) in [7, 11) is -3.82. The molecule has 3 rings (SSSR count). The molecule has 0 aliphatic heterocycles. The van der Waals surface area contributed by atoms with E-state index in [9.17, 15) is 13.2 Å². The average Bonchev–Trinajstić information content (AvgIpc) is 3.14. The van der Waals surface area contributed by atoms with E-state index >= 15 is 0 Å². The minimum absolute atomic E-state index is 0.105. The minimum atomic E-state index is -3.82. The average molecular weight is 411 g/mol. The monoisotopic (exact) mass is 410 g/mol. The van der Waals surface area contributed by atoms with Gasteiger partial charge in [-0.2, -0.15) is 0 Å². The van der Waals surface area contributed by atoms with E-state index in [-0.39, 0.29) is 10.8 Å². The second-order valence-electron chi connectivity index (χ2n) is 6.08. The first kappa shape index (κ1) is 19.7. The molecule has 0 saturated heterocycles. The predicted octanol–water partition coefficient (Wildman–Crippen LogP) is 4.22. The summed E-state index contributed by atoms with van der Waals surface area (Å²) < 4.78 is 28.3. The first-order chi connectivity index (χ1) is 13.3. The maximum atomic E-state index is 12.9. The van der Waals surface area contributed by atoms with Crippen molar-refractivity contribution in [3.63, 3.8) is 0 Å². The van der Waals surface area contributed by atoms with Gasteiger partial charge in [-0.05, 0) is 54.3 Å². The molecular weight excluding hydrogens is 392 g/mol. The van der Waals surface area contributed by atoms with Gasteiger partial charge < -0.3 is 5.32 Å². The van der Waals surface area contributed by atoms with Crippen molar-refractivity contribution >= 4 is 38.6 Å². The van der Waals surface area contributed by atoms with E-state index in [1.165, 1.54) is 13.0 Å². The molecule has 3 aromatic rings. The molecule has 0 bridgehead atoms. The van der Waals surface area contributed by atoms with Crippen LogP contribution < -0.4 is 10.0 Å². The maximum Gasteiger partial charge on any atom is 0.262 e. The Morgan fingerprint density at radius 1 is 1.00 bits per heavy atom. The van der Waals surface area contributed by atoms with Crippen molar-refractivity contribution in [2.24, 2.45) is 0 Å². The van der Waals surface area contributed by atoms with E-state index < -0.39 is 10.0 Å². The predicted molar refractivity (Wildman–Crippen MR) is 113 cm³/mol. The molecule has 28 heavy (non-hydrogen) atoms. The van der Waals surface area contributed by atoms with E-state index in [1.807, 2.05) is 23.6 Å². The van der Waals surface area contributed by atoms with Crippen LogP contribution in [0.2, 0.25) is 0 Å². The summed E-state index contributed by atoms with van der Waals surface area (Å²) >= 11 is 1.55. The number of hydrogen-bond acceptors (Lipinski definition) is 4. The lowest BCUT2D eigenvalue weighted by atomic mass is 10.2. The Hall–Kier alpha value is -3.08. The molecule has 0 aliphatic carbocycles. The SMILES string of the molecule is CC(=O)Nc1ccc(C)c(S(=O)(=O)Nc2cccc(C#Cc3cccs3)c2)c1. The standard InChI is InChI=1S/C21H18N2O3S2/c1-15-8-10-18(22-16(2)24)14-21(15)28(25,26)23-19-6-3-5-17(13-19)9-11-20-7-4-12-27-20/h3-8,10,12-14,23H,1-2H3,(H,22,24). The highest BCUT2D eigenvalue weighted by molar-refractivity contribution is 7.92. The smallest absolute Gasteiger partial charge is 0.262 e. The highest BCUT2D eigenvalue weighted by Gasteiger charge is 2.18. The summed E-state index contributed by atoms with van der Waals surface area (Å²) in [6.45, 7) is 3.07. The van der Waals surface area contributed by atoms with Crippen LogP contribution in [0.3, 0.4) is 0 Å². The number of sulfonamides is 1. The number of hydrogen-bond donors (Lipinski definition) is 2. The number of amides is 1. The van der Waals surface area contributed by atoms with Crippen LogP contribution in [-0.2, 0) is 14.8 Å². The molecule has 7 heteroatoms. The molecule has 1 heterocycles. The van der Waals surface area contributed by atoms with Gasteiger partial charge in [-0.1, -0.05) is 30.0 Å². The van der Waals surface area contributed by atoms with E-state index in [0.29, 0.717) is 22.5 Å². The van der Waals surface area contributed by atoms with Gasteiger partial charge in [0.15, 0.2) is 0 Å². The van der Waals surface area contributed by atoms with E-state index in [4.69, 9.17) is 0 Å². The largest absolute Gasteiger partial charge is 0.326 e. The Balaban J connectivity index is 1.87. The molecule has 2 aromatic carbocycles. The molecule has 2 N–H and O–H groups in total. The molecule has 142 valence electrons. The maximum absolute atomic E-state index is 12.9. The number of benzene rings is 2. The summed E-state index contributed by atoms with van der Waals surface area (Å²) in [5.74, 6) is 5.82. The summed E-state index contributed by atoms with van der Waals surface area (Å²) in [5, 5.41) is 4.55. The third-order valence-electron chi connectivity index (χ3n) is 3.76. The van der Waals surface area contributed by atoms with Gasteiger partial charge in [-0.15, -0.1) is 11.3 Å². The van der Waals surface area contributed by atoms with Gasteiger partial charge in [0.25, 0.3) is 10.0 Å². The number of aryl methyl sites for hydroxylation is 1. The fraction of sp³-hybridized carbons (Fsp3) is 0.0952. The lowest BCUT2D eigenvalue weighted by Gasteiger charge is -2.12. The van der Waals surface area contributed by atoms with Crippen LogP contribution in [0, 0.1) is 18.8 Å². The van der Waals surface area contributed by atoms with Crippen LogP contribution in [0.5, 0.6) is 0 Å². The first-order valence-electron chi connectivity index (χ1n) is 8.40. The Bertz CT molecular complexity index is 1170. The Morgan fingerprint density at radius 2 is 1.82 bits per heavy atom. The summed E-state index contributed by atoms with van der Waals surface area (Å²) in [5.41, 5.74) is 2.13. The first-order valence-corrected chi connectivity index (χ1v) is 10.8. The lowest BCUT2D eigenvalue weighted by Crippen LogP contribution is -2.15. The summed E-state index contributed by atoms with van der Waals surface area (Å²) in [6.07, 6.45) is 0. The van der Waals surface area contributed by atoms with Crippen molar-refractivity contribution in [3.05, 3.63) is 76.0 Å². The van der Waals surface area contributed by atoms with Crippen LogP contribution in [0.4, 0.5) is 11.4 Å². The number of thiophene rings is 1. The van der Waals surface area contributed by atoms with Gasteiger partial charge >= 0.3 is 0 Å². The van der Waals surface area contributed by atoms with Crippen LogP contribution in [0.15, 0.2) is 64.9 Å². The summed E-state index contributed by atoms with van der Waals surface area (Å²) in [4.78, 5) is 12.3. The molecule has 0 radical (unpaired) electrons. The molecule has 0 unspecified atom stereocenters. The molecule has 5 nitrogen and oxygen atoms in total. The highest BCUT2D eigenvalue weighted by Crippen LogP contribution is 2.23. The normalized spacial score (nSPS) is 10.6. The molecule has 0 fully saturated rings. The number of anilines is 2. The van der Waals surface area contributed by atoms with Crippen LogP contribution >= 0.6 is 11.3 Å². The van der Waals surface area contributed by atoms with Crippen molar-refractivity contribution in [2.45, 2.75) is 18.7 Å². The topological polar surface area (TPSA) is 75.3 Å². The highest BCUT2D eigenvalue weighted by atomic mass is 32.2. The Morgan fingerprint density at radius 3 is 2.54 bits per heavy atom. The molecule has 1 aromatic heterocycles. The van der Waals surface area contributed by atoms with Gasteiger partial charge in [0.05, 0.1) is 15.5 Å². The molecule has 1 amide bonds. The van der Waals surface area contributed by atoms with Crippen molar-refractivity contribution < 1.29 is 13.2 Å². The van der Waals surface area contributed by atoms with Crippen molar-refractivity contribution in [3.8, 4) is 11.8 Å². The quantitative estimate of drug-likeness (QED) is 0.633. The fourth-order valence-corrected chi connectivity index (χ4v) is 4.42. The van der Waals surface area contributed by atoms with Crippen LogP contribution in [0.25, 0.3) is 0 Å². The molecule has 0 atom stereocenters. The van der Waals surface area contributed by atoms with Gasteiger partial charge in [0.1, 0.15) is 0 Å². The third-order valence-corrected chi connectivity index (χ3v) is 6.07. The van der Waals surface area contributed by atoms with Crippen molar-refractivity contribution in [1.29, 1.82) is 0 Å². The van der Waals surface area contributed by atoms with E-state index in [0.717, 1.165) is 4.88 Å². The van der Waals surface area contributed by atoms with E-state index in [1.54, 1.807) is 48.6 Å². The second kappa shape index (κ2) is 8.30. The zero-order chi connectivity index (χ0) is 20.1. The number of carbonyl (C=O) groups excluding carboxylic acids is 1. The lowest BCUT2D eigenvalue weighted by molar-refractivity contribution is -0.114. The minimum Gasteiger partial charge on any atom is -0.326 e. The Kier molecular flexibility index (Phi) is 5.83. The molecular formula is C21H18N2O3S2. The fourth-order valence-electron chi connectivity index (χ4n) is 2.52. The third kappa shape index (κ3) is 5.00. The van der Waals surface area contributed by atoms with Gasteiger partial charge in [-0.25, -0.2) is 8.42 Å². The number of nitrogens with one attached hydrogen (secondary N) is 2. The Labute approximate surface area is 168 Å². The molecule has 0 saturated carbocycles. The zero-order valence-corrected chi connectivity index (χ0v) is 16.9. The van der Waals surface area contributed by atoms with Gasteiger partial charge in [0, 0.05) is 18.2 Å². The van der Waals surface area contributed by atoms with Crippen molar-refractivity contribution in [1.82, 2.24) is 0 Å². The van der Waals surface area contributed by atoms with Crippen LogP contribution in [0.1, 0.15) is 22.9 Å². The zero-order valence-electron chi connectivity index (χ0n) is 15.3.